The highest BCUT2D eigenvalue weighted by atomic mass is 16.6. The first-order chi connectivity index (χ1) is 14.4. The molecule has 1 fully saturated rings. The van der Waals surface area contributed by atoms with Crippen molar-refractivity contribution in [1.82, 2.24) is 4.90 Å². The normalized spacial score (nSPS) is 14.7. The molecular formula is C21H25N3O6. The van der Waals surface area contributed by atoms with Crippen molar-refractivity contribution >= 4 is 17.3 Å². The Morgan fingerprint density at radius 2 is 1.83 bits per heavy atom. The van der Waals surface area contributed by atoms with E-state index in [-0.39, 0.29) is 30.1 Å². The molecule has 30 heavy (non-hydrogen) atoms. The number of nitro groups is 1. The lowest BCUT2D eigenvalue weighted by Gasteiger charge is -2.29. The van der Waals surface area contributed by atoms with E-state index in [0.29, 0.717) is 11.4 Å². The fraction of sp³-hybridized carbons (Fsp3) is 0.381. The largest absolute Gasteiger partial charge is 0.490 e. The molecule has 9 heteroatoms. The summed E-state index contributed by atoms with van der Waals surface area (Å²) in [6, 6.07) is 11.3. The number of carbonyl (C=O) groups is 1. The zero-order chi connectivity index (χ0) is 21.5. The molecule has 3 rings (SSSR count). The number of amides is 1. The van der Waals surface area contributed by atoms with Crippen molar-refractivity contribution in [3.63, 3.8) is 0 Å². The number of nitro benzene ring substituents is 1. The van der Waals surface area contributed by atoms with Crippen LogP contribution in [0.3, 0.4) is 0 Å². The van der Waals surface area contributed by atoms with Crippen molar-refractivity contribution in [1.29, 1.82) is 0 Å². The summed E-state index contributed by atoms with van der Waals surface area (Å²) in [7, 11) is 3.44. The third-order valence-corrected chi connectivity index (χ3v) is 4.82. The molecule has 2 aromatic carbocycles. The first-order valence-electron chi connectivity index (χ1n) is 9.65. The van der Waals surface area contributed by atoms with Crippen molar-refractivity contribution < 1.29 is 23.9 Å². The number of hydrogen-bond acceptors (Lipinski definition) is 7. The highest BCUT2D eigenvalue weighted by Crippen LogP contribution is 2.30. The molecule has 9 nitrogen and oxygen atoms in total. The van der Waals surface area contributed by atoms with Crippen LogP contribution in [0.5, 0.6) is 17.2 Å². The minimum absolute atomic E-state index is 0.0677. The minimum Gasteiger partial charge on any atom is -0.490 e. The molecule has 1 saturated heterocycles. The Labute approximate surface area is 174 Å². The van der Waals surface area contributed by atoms with Crippen LogP contribution >= 0.6 is 0 Å². The number of piperidine rings is 1. The molecule has 0 aliphatic carbocycles. The molecule has 0 bridgehead atoms. The van der Waals surface area contributed by atoms with Gasteiger partial charge in [0.05, 0.1) is 12.0 Å². The Kier molecular flexibility index (Phi) is 7.08. The van der Waals surface area contributed by atoms with Crippen LogP contribution in [0.25, 0.3) is 0 Å². The number of nitrogens with zero attached hydrogens (tertiary/aromatic N) is 2. The van der Waals surface area contributed by atoms with Crippen LogP contribution in [0.15, 0.2) is 42.5 Å². The van der Waals surface area contributed by atoms with Gasteiger partial charge in [-0.25, -0.2) is 0 Å². The summed E-state index contributed by atoms with van der Waals surface area (Å²) in [6.07, 6.45) is 2.22. The molecule has 2 aromatic rings. The summed E-state index contributed by atoms with van der Waals surface area (Å²) >= 11 is 0. The molecule has 1 heterocycles. The maximum atomic E-state index is 12.1. The van der Waals surface area contributed by atoms with Gasteiger partial charge < -0.3 is 24.4 Å². The number of rotatable bonds is 8. The van der Waals surface area contributed by atoms with Crippen molar-refractivity contribution in [2.75, 3.05) is 39.2 Å². The highest BCUT2D eigenvalue weighted by Gasteiger charge is 2.18. The van der Waals surface area contributed by atoms with Gasteiger partial charge in [0.1, 0.15) is 17.6 Å². The van der Waals surface area contributed by atoms with Crippen LogP contribution in [0.4, 0.5) is 11.4 Å². The third-order valence-electron chi connectivity index (χ3n) is 4.82. The average molecular weight is 415 g/mol. The summed E-state index contributed by atoms with van der Waals surface area (Å²) in [5.74, 6) is 0.792. The number of anilines is 1. The van der Waals surface area contributed by atoms with E-state index in [0.717, 1.165) is 31.7 Å². The molecule has 0 radical (unpaired) electrons. The van der Waals surface area contributed by atoms with Crippen LogP contribution in [0.2, 0.25) is 0 Å². The van der Waals surface area contributed by atoms with Crippen LogP contribution in [0, 0.1) is 10.1 Å². The van der Waals surface area contributed by atoms with Gasteiger partial charge in [-0.15, -0.1) is 0 Å². The SMILES string of the molecule is COc1cc(OCC(=O)Nc2ccc(OC3CCN(C)CC3)cc2)ccc1[N+](=O)[O-]. The Balaban J connectivity index is 1.48. The molecule has 160 valence electrons. The van der Waals surface area contributed by atoms with Gasteiger partial charge in [0.15, 0.2) is 6.61 Å². The Hall–Kier alpha value is -3.33. The molecule has 1 aliphatic heterocycles. The van der Waals surface area contributed by atoms with Crippen LogP contribution in [0.1, 0.15) is 12.8 Å². The fourth-order valence-electron chi connectivity index (χ4n) is 3.16. The quantitative estimate of drug-likeness (QED) is 0.522. The van der Waals surface area contributed by atoms with Crippen molar-refractivity contribution in [3.05, 3.63) is 52.6 Å². The Morgan fingerprint density at radius 1 is 1.17 bits per heavy atom. The second-order valence-electron chi connectivity index (χ2n) is 7.07. The summed E-state index contributed by atoms with van der Waals surface area (Å²) < 4.78 is 16.4. The third kappa shape index (κ3) is 5.84. The molecule has 1 N–H and O–H groups in total. The van der Waals surface area contributed by atoms with Gasteiger partial charge in [0, 0.05) is 30.9 Å². The smallest absolute Gasteiger partial charge is 0.311 e. The molecular weight excluding hydrogens is 390 g/mol. The number of likely N-dealkylation sites (tertiary alicyclic amines) is 1. The van der Waals surface area contributed by atoms with E-state index in [1.54, 1.807) is 12.1 Å². The summed E-state index contributed by atoms with van der Waals surface area (Å²) in [6.45, 7) is 1.81. The Morgan fingerprint density at radius 3 is 2.47 bits per heavy atom. The molecule has 0 aromatic heterocycles. The Bertz CT molecular complexity index is 879. The molecule has 1 aliphatic rings. The van der Waals surface area contributed by atoms with Crippen LogP contribution < -0.4 is 19.5 Å². The van der Waals surface area contributed by atoms with Crippen LogP contribution in [-0.4, -0.2) is 55.7 Å². The van der Waals surface area contributed by atoms with E-state index in [2.05, 4.69) is 17.3 Å². The minimum atomic E-state index is -0.546. The zero-order valence-corrected chi connectivity index (χ0v) is 17.0. The number of ether oxygens (including phenoxy) is 3. The van der Waals surface area contributed by atoms with E-state index in [9.17, 15) is 14.9 Å². The van der Waals surface area contributed by atoms with Crippen LogP contribution in [-0.2, 0) is 4.79 Å². The standard InChI is InChI=1S/C21H25N3O6/c1-23-11-9-17(10-12-23)30-16-5-3-15(4-6-16)22-21(25)14-29-18-7-8-19(24(26)27)20(13-18)28-2/h3-8,13,17H,9-12,14H2,1-2H3,(H,22,25). The zero-order valence-electron chi connectivity index (χ0n) is 17.0. The number of benzene rings is 2. The fourth-order valence-corrected chi connectivity index (χ4v) is 3.16. The lowest BCUT2D eigenvalue weighted by Crippen LogP contribution is -2.35. The first-order valence-corrected chi connectivity index (χ1v) is 9.65. The molecule has 0 unspecified atom stereocenters. The summed E-state index contributed by atoms with van der Waals surface area (Å²) in [5, 5.41) is 13.7. The summed E-state index contributed by atoms with van der Waals surface area (Å²) in [5.41, 5.74) is 0.456. The van der Waals surface area contributed by atoms with Gasteiger partial charge in [0.2, 0.25) is 5.75 Å². The second-order valence-corrected chi connectivity index (χ2v) is 7.07. The van der Waals surface area contributed by atoms with Gasteiger partial charge in [-0.1, -0.05) is 0 Å². The van der Waals surface area contributed by atoms with Gasteiger partial charge >= 0.3 is 5.69 Å². The predicted octanol–water partition coefficient (Wildman–Crippen LogP) is 3.09. The van der Waals surface area contributed by atoms with E-state index in [4.69, 9.17) is 14.2 Å². The first kappa shape index (κ1) is 21.4. The van der Waals surface area contributed by atoms with E-state index >= 15 is 0 Å². The van der Waals surface area contributed by atoms with Crippen molar-refractivity contribution in [2.24, 2.45) is 0 Å². The number of carbonyl (C=O) groups excluding carboxylic acids is 1. The highest BCUT2D eigenvalue weighted by molar-refractivity contribution is 5.91. The maximum Gasteiger partial charge on any atom is 0.311 e. The average Bonchev–Trinajstić information content (AvgIpc) is 2.75. The number of nitrogens with one attached hydrogen (secondary N) is 1. The van der Waals surface area contributed by atoms with Crippen molar-refractivity contribution in [2.45, 2.75) is 18.9 Å². The molecule has 0 atom stereocenters. The molecule has 0 spiro atoms. The number of hydrogen-bond donors (Lipinski definition) is 1. The lowest BCUT2D eigenvalue weighted by molar-refractivity contribution is -0.385. The van der Waals surface area contributed by atoms with E-state index in [1.165, 1.54) is 25.3 Å². The molecule has 1 amide bonds. The van der Waals surface area contributed by atoms with Crippen molar-refractivity contribution in [3.8, 4) is 17.2 Å². The van der Waals surface area contributed by atoms with E-state index in [1.807, 2.05) is 12.1 Å². The second kappa shape index (κ2) is 9.93. The molecule has 0 saturated carbocycles. The topological polar surface area (TPSA) is 103 Å². The lowest BCUT2D eigenvalue weighted by atomic mass is 10.1. The maximum absolute atomic E-state index is 12.1. The van der Waals surface area contributed by atoms with Gasteiger partial charge in [0.25, 0.3) is 5.91 Å². The number of methoxy groups -OCH3 is 1. The van der Waals surface area contributed by atoms with Gasteiger partial charge in [-0.3, -0.25) is 14.9 Å². The predicted molar refractivity (Wildman–Crippen MR) is 111 cm³/mol. The summed E-state index contributed by atoms with van der Waals surface area (Å²) in [4.78, 5) is 24.8. The van der Waals surface area contributed by atoms with Gasteiger partial charge in [-0.05, 0) is 50.2 Å². The monoisotopic (exact) mass is 415 g/mol. The van der Waals surface area contributed by atoms with E-state index < -0.39 is 4.92 Å². The van der Waals surface area contributed by atoms with Gasteiger partial charge in [-0.2, -0.15) is 0 Å².